The number of anilines is 5. The predicted molar refractivity (Wildman–Crippen MR) is 206 cm³/mol. The molecule has 5 heterocycles. The first-order valence-electron chi connectivity index (χ1n) is 18.5. The molecular formula is C40H47N9O4. The molecule has 2 amide bonds. The number of rotatable bonds is 9. The van der Waals surface area contributed by atoms with Crippen LogP contribution in [0.5, 0.6) is 0 Å². The van der Waals surface area contributed by atoms with Gasteiger partial charge in [-0.1, -0.05) is 20.4 Å². The Morgan fingerprint density at radius 1 is 1.09 bits per heavy atom. The number of carbonyl (C=O) groups excluding carboxylic acids is 2. The van der Waals surface area contributed by atoms with E-state index in [0.717, 1.165) is 38.2 Å². The van der Waals surface area contributed by atoms with Crippen molar-refractivity contribution in [3.05, 3.63) is 88.2 Å². The molecule has 276 valence electrons. The molecule has 0 bridgehead atoms. The fraction of sp³-hybridized carbons (Fsp3) is 0.425. The van der Waals surface area contributed by atoms with Gasteiger partial charge in [0.2, 0.25) is 5.91 Å². The first-order chi connectivity index (χ1) is 25.4. The van der Waals surface area contributed by atoms with Crippen molar-refractivity contribution >= 4 is 40.5 Å². The maximum Gasteiger partial charge on any atom is 0.293 e. The Morgan fingerprint density at radius 3 is 2.64 bits per heavy atom. The molecule has 8 rings (SSSR count). The van der Waals surface area contributed by atoms with Crippen LogP contribution in [-0.2, 0) is 37.8 Å². The van der Waals surface area contributed by atoms with E-state index in [2.05, 4.69) is 57.3 Å². The van der Waals surface area contributed by atoms with E-state index in [0.29, 0.717) is 58.8 Å². The van der Waals surface area contributed by atoms with Crippen LogP contribution in [0.3, 0.4) is 0 Å². The molecule has 13 nitrogen and oxygen atoms in total. The highest BCUT2D eigenvalue weighted by molar-refractivity contribution is 6.06. The predicted octanol–water partition coefficient (Wildman–Crippen LogP) is 4.46. The largest absolute Gasteiger partial charge is 0.392 e. The van der Waals surface area contributed by atoms with E-state index in [1.165, 1.54) is 34.7 Å². The van der Waals surface area contributed by atoms with E-state index in [9.17, 15) is 19.5 Å². The fourth-order valence-electron chi connectivity index (χ4n) is 8.44. The first kappa shape index (κ1) is 34.8. The summed E-state index contributed by atoms with van der Waals surface area (Å²) in [6.07, 6.45) is 8.86. The maximum atomic E-state index is 13.9. The number of aliphatic hydroxyl groups is 1. The van der Waals surface area contributed by atoms with Gasteiger partial charge in [-0.15, -0.1) is 0 Å². The zero-order valence-electron chi connectivity index (χ0n) is 30.9. The molecule has 2 aliphatic carbocycles. The first-order valence-corrected chi connectivity index (χ1v) is 18.5. The van der Waals surface area contributed by atoms with Gasteiger partial charge in [0.15, 0.2) is 5.82 Å². The van der Waals surface area contributed by atoms with Gasteiger partial charge in [-0.25, -0.2) is 9.97 Å². The molecule has 1 unspecified atom stereocenters. The highest BCUT2D eigenvalue weighted by atomic mass is 16.3. The van der Waals surface area contributed by atoms with Crippen LogP contribution in [0, 0.1) is 5.41 Å². The maximum absolute atomic E-state index is 13.9. The number of nitrogens with zero attached hydrogens (tertiary/aromatic N) is 7. The second-order valence-electron chi connectivity index (χ2n) is 15.7. The van der Waals surface area contributed by atoms with E-state index < -0.39 is 0 Å². The van der Waals surface area contributed by atoms with Crippen molar-refractivity contribution in [2.24, 2.45) is 12.5 Å². The molecule has 1 aromatic carbocycles. The molecule has 1 atom stereocenters. The van der Waals surface area contributed by atoms with Crippen LogP contribution in [0.2, 0.25) is 0 Å². The van der Waals surface area contributed by atoms with Gasteiger partial charge in [0.25, 0.3) is 11.5 Å². The van der Waals surface area contributed by atoms with Crippen molar-refractivity contribution in [1.82, 2.24) is 24.0 Å². The SMILES string of the molecule is C=CC(=O)Nc1cc(Nc2nc(-c3ccnc(N4CCn5c(cc6c5CC(C)(C)C6)C4=O)c3CO)cn(C)c2=O)ccc1N1CCN(C2CC2)CC1C. The number of aryl methyl sites for hydroxylation is 1. The van der Waals surface area contributed by atoms with Gasteiger partial charge >= 0.3 is 0 Å². The lowest BCUT2D eigenvalue weighted by atomic mass is 9.90. The van der Waals surface area contributed by atoms with Crippen LogP contribution >= 0.6 is 0 Å². The lowest BCUT2D eigenvalue weighted by molar-refractivity contribution is -0.111. The number of amides is 2. The molecule has 3 aromatic heterocycles. The zero-order chi connectivity index (χ0) is 37.2. The molecule has 3 N–H and O–H groups in total. The van der Waals surface area contributed by atoms with E-state index in [1.54, 1.807) is 30.4 Å². The molecule has 4 aliphatic rings. The molecule has 53 heavy (non-hydrogen) atoms. The normalized spacial score (nSPS) is 19.6. The summed E-state index contributed by atoms with van der Waals surface area (Å²) in [5, 5.41) is 16.9. The van der Waals surface area contributed by atoms with E-state index in [-0.39, 0.29) is 41.3 Å². The van der Waals surface area contributed by atoms with Crippen molar-refractivity contribution in [1.29, 1.82) is 0 Å². The Hall–Kier alpha value is -5.27. The molecular weight excluding hydrogens is 670 g/mol. The summed E-state index contributed by atoms with van der Waals surface area (Å²) in [7, 11) is 1.64. The summed E-state index contributed by atoms with van der Waals surface area (Å²) >= 11 is 0. The standard InChI is InChI=1S/C40H47N9O4/c1-6-35(51)43-30-18-26(7-10-32(30)47-14-13-46(21-24(47)2)27-8-9-27)42-36-39(53)45(5)22-31(44-36)28-11-12-41-37(29(28)23-50)49-16-15-48-33(38(49)52)17-25-19-40(3,4)20-34(25)48/h6-7,10-12,17-18,22,24,27,50H,1,8-9,13-16,19-21,23H2,2-5H3,(H,42,44)(H,43,51). The number of fused-ring (bicyclic) bond motifs is 3. The van der Waals surface area contributed by atoms with Crippen LogP contribution in [0.25, 0.3) is 11.3 Å². The number of aromatic nitrogens is 4. The van der Waals surface area contributed by atoms with Gasteiger partial charge in [-0.2, -0.15) is 0 Å². The van der Waals surface area contributed by atoms with Gasteiger partial charge in [0, 0.05) is 86.8 Å². The van der Waals surface area contributed by atoms with E-state index in [1.807, 2.05) is 24.3 Å². The minimum atomic E-state index is -0.386. The van der Waals surface area contributed by atoms with Gasteiger partial charge in [0.05, 0.1) is 23.7 Å². The molecule has 2 fully saturated rings. The van der Waals surface area contributed by atoms with Gasteiger partial charge < -0.3 is 29.8 Å². The Morgan fingerprint density at radius 2 is 1.91 bits per heavy atom. The fourth-order valence-corrected chi connectivity index (χ4v) is 8.44. The van der Waals surface area contributed by atoms with Crippen molar-refractivity contribution in [2.75, 3.05) is 46.6 Å². The summed E-state index contributed by atoms with van der Waals surface area (Å²) in [4.78, 5) is 55.8. The quantitative estimate of drug-likeness (QED) is 0.214. The number of hydrogen-bond acceptors (Lipinski definition) is 9. The van der Waals surface area contributed by atoms with Crippen LogP contribution < -0.4 is 26.0 Å². The summed E-state index contributed by atoms with van der Waals surface area (Å²) < 4.78 is 3.58. The van der Waals surface area contributed by atoms with Gasteiger partial charge in [0.1, 0.15) is 11.5 Å². The van der Waals surface area contributed by atoms with Crippen molar-refractivity contribution in [3.63, 3.8) is 0 Å². The molecule has 2 aliphatic heterocycles. The zero-order valence-corrected chi connectivity index (χ0v) is 30.9. The Balaban J connectivity index is 1.09. The minimum absolute atomic E-state index is 0.0664. The number of piperazine rings is 1. The third-order valence-electron chi connectivity index (χ3n) is 11.2. The summed E-state index contributed by atoms with van der Waals surface area (Å²) in [5.41, 5.74) is 6.42. The lowest BCUT2D eigenvalue weighted by Crippen LogP contribution is -2.52. The third-order valence-corrected chi connectivity index (χ3v) is 11.2. The molecule has 4 aromatic rings. The van der Waals surface area contributed by atoms with Crippen molar-refractivity contribution in [2.45, 2.75) is 71.7 Å². The third kappa shape index (κ3) is 6.41. The minimum Gasteiger partial charge on any atom is -0.392 e. The van der Waals surface area contributed by atoms with Gasteiger partial charge in [-0.05, 0) is 80.0 Å². The van der Waals surface area contributed by atoms with Crippen LogP contribution in [0.4, 0.5) is 28.7 Å². The Labute approximate surface area is 308 Å². The van der Waals surface area contributed by atoms with Crippen LogP contribution in [-0.4, -0.2) is 79.2 Å². The topological polar surface area (TPSA) is 141 Å². The molecule has 1 saturated carbocycles. The summed E-state index contributed by atoms with van der Waals surface area (Å²) in [6.45, 7) is 13.8. The molecule has 13 heteroatoms. The second kappa shape index (κ2) is 13.3. The number of aliphatic hydroxyl groups excluding tert-OH is 1. The smallest absolute Gasteiger partial charge is 0.293 e. The summed E-state index contributed by atoms with van der Waals surface area (Å²) in [6, 6.07) is 10.3. The Kier molecular flexibility index (Phi) is 8.73. The number of carbonyl (C=O) groups is 2. The van der Waals surface area contributed by atoms with E-state index >= 15 is 0 Å². The highest BCUT2D eigenvalue weighted by Crippen LogP contribution is 2.40. The molecule has 0 radical (unpaired) electrons. The van der Waals surface area contributed by atoms with Crippen LogP contribution in [0.15, 0.2) is 60.2 Å². The lowest BCUT2D eigenvalue weighted by Gasteiger charge is -2.42. The van der Waals surface area contributed by atoms with Crippen LogP contribution in [0.1, 0.15) is 60.9 Å². The highest BCUT2D eigenvalue weighted by Gasteiger charge is 2.38. The second-order valence-corrected chi connectivity index (χ2v) is 15.7. The Bertz CT molecular complexity index is 2200. The molecule has 1 saturated heterocycles. The number of benzene rings is 1. The monoisotopic (exact) mass is 717 g/mol. The molecule has 0 spiro atoms. The number of hydrogen-bond donors (Lipinski definition) is 3. The van der Waals surface area contributed by atoms with E-state index in [4.69, 9.17) is 4.98 Å². The van der Waals surface area contributed by atoms with Gasteiger partial charge in [-0.3, -0.25) is 24.2 Å². The number of nitrogens with one attached hydrogen (secondary N) is 2. The average molecular weight is 718 g/mol. The summed E-state index contributed by atoms with van der Waals surface area (Å²) in [5.74, 6) is -0.0436. The van der Waals surface area contributed by atoms with Crippen molar-refractivity contribution < 1.29 is 14.7 Å². The number of pyridine rings is 1. The van der Waals surface area contributed by atoms with Crippen molar-refractivity contribution in [3.8, 4) is 11.3 Å². The average Bonchev–Trinajstić information content (AvgIpc) is 3.87.